The van der Waals surface area contributed by atoms with E-state index in [2.05, 4.69) is 50.3 Å². The summed E-state index contributed by atoms with van der Waals surface area (Å²) >= 11 is 0. The van der Waals surface area contributed by atoms with Crippen LogP contribution < -0.4 is 15.3 Å². The number of fused-ring (bicyclic) bond motifs is 5. The van der Waals surface area contributed by atoms with Crippen LogP contribution >= 0.6 is 0 Å². The van der Waals surface area contributed by atoms with E-state index in [4.69, 9.17) is 4.74 Å². The molecule has 1 saturated heterocycles. The minimum absolute atomic E-state index is 0.0128. The van der Waals surface area contributed by atoms with Crippen LogP contribution in [0.4, 0.5) is 14.9 Å². The van der Waals surface area contributed by atoms with Crippen molar-refractivity contribution in [2.24, 2.45) is 5.92 Å². The summed E-state index contributed by atoms with van der Waals surface area (Å²) in [6.07, 6.45) is 5.83. The third kappa shape index (κ3) is 4.57. The van der Waals surface area contributed by atoms with Crippen LogP contribution in [0.5, 0.6) is 0 Å². The molecule has 6 heteroatoms. The molecule has 0 radical (unpaired) electrons. The fraction of sp³-hybridized carbons (Fsp3) is 0.333. The van der Waals surface area contributed by atoms with Gasteiger partial charge in [0.2, 0.25) is 0 Å². The highest BCUT2D eigenvalue weighted by Gasteiger charge is 2.34. The number of Topliss-reactive ketones (excluding diaryl/α,β-unsaturated/α-hetero) is 1. The van der Waals surface area contributed by atoms with Crippen LogP contribution in [0.25, 0.3) is 23.3 Å². The highest BCUT2D eigenvalue weighted by atomic mass is 19.1. The lowest BCUT2D eigenvalue weighted by molar-refractivity contribution is 0.0551. The summed E-state index contributed by atoms with van der Waals surface area (Å²) < 4.78 is 18.9. The van der Waals surface area contributed by atoms with Gasteiger partial charge in [-0.2, -0.15) is 0 Å². The van der Waals surface area contributed by atoms with Gasteiger partial charge in [0.05, 0.1) is 13.2 Å². The number of hydrogen-bond donors (Lipinski definition) is 0. The van der Waals surface area contributed by atoms with Crippen LogP contribution in [0.3, 0.4) is 0 Å². The quantitative estimate of drug-likeness (QED) is 0.468. The topological polar surface area (TPSA) is 49.9 Å². The van der Waals surface area contributed by atoms with Gasteiger partial charge in [-0.05, 0) is 87.3 Å². The smallest absolute Gasteiger partial charge is 0.324 e. The maximum atomic E-state index is 13.5. The number of carbonyl (C=O) groups excluding carboxylic acids is 2. The van der Waals surface area contributed by atoms with Gasteiger partial charge >= 0.3 is 6.03 Å². The van der Waals surface area contributed by atoms with Gasteiger partial charge in [0, 0.05) is 37.3 Å². The lowest BCUT2D eigenvalue weighted by Crippen LogP contribution is -2.47. The lowest BCUT2D eigenvalue weighted by atomic mass is 9.69. The summed E-state index contributed by atoms with van der Waals surface area (Å²) in [6.45, 7) is 6.75. The van der Waals surface area contributed by atoms with Crippen molar-refractivity contribution in [3.63, 3.8) is 0 Å². The van der Waals surface area contributed by atoms with Gasteiger partial charge in [0.25, 0.3) is 0 Å². The Labute approximate surface area is 228 Å². The first-order valence-corrected chi connectivity index (χ1v) is 13.6. The molecule has 1 atom stereocenters. The summed E-state index contributed by atoms with van der Waals surface area (Å²) in [7, 11) is 1.83. The molecule has 3 aliphatic rings. The number of morpholine rings is 1. The molecule has 3 aromatic carbocycles. The molecule has 1 unspecified atom stereocenters. The van der Waals surface area contributed by atoms with E-state index >= 15 is 0 Å². The first-order chi connectivity index (χ1) is 18.7. The molecule has 0 aromatic heterocycles. The Hall–Kier alpha value is -3.77. The molecule has 1 heterocycles. The Morgan fingerprint density at radius 2 is 1.69 bits per heavy atom. The summed E-state index contributed by atoms with van der Waals surface area (Å²) in [5, 5.41) is 2.29. The molecule has 2 amide bonds. The van der Waals surface area contributed by atoms with Crippen molar-refractivity contribution < 1.29 is 18.7 Å². The van der Waals surface area contributed by atoms with Gasteiger partial charge in [-0.25, -0.2) is 9.18 Å². The number of halogens is 1. The van der Waals surface area contributed by atoms with Crippen molar-refractivity contribution in [1.29, 1.82) is 0 Å². The number of hydrogen-bond acceptors (Lipinski definition) is 3. The first-order valence-electron chi connectivity index (χ1n) is 13.6. The van der Waals surface area contributed by atoms with Gasteiger partial charge < -0.3 is 9.64 Å². The van der Waals surface area contributed by atoms with E-state index in [1.54, 1.807) is 17.0 Å². The number of rotatable bonds is 3. The average molecular weight is 525 g/mol. The molecular weight excluding hydrogens is 491 g/mol. The van der Waals surface area contributed by atoms with E-state index in [1.165, 1.54) is 23.3 Å². The van der Waals surface area contributed by atoms with Gasteiger partial charge in [-0.15, -0.1) is 0 Å². The number of carbonyl (C=O) groups is 2. The molecule has 6 rings (SSSR count). The number of anilines is 1. The fourth-order valence-corrected chi connectivity index (χ4v) is 6.29. The molecular formula is C33H33FN2O3. The van der Waals surface area contributed by atoms with Crippen LogP contribution in [0, 0.1) is 11.7 Å². The molecule has 0 saturated carbocycles. The molecule has 1 fully saturated rings. The largest absolute Gasteiger partial charge is 0.378 e. The van der Waals surface area contributed by atoms with E-state index < -0.39 is 0 Å². The van der Waals surface area contributed by atoms with Crippen LogP contribution in [0.1, 0.15) is 41.8 Å². The Balaban J connectivity index is 1.36. The molecule has 3 aromatic rings. The zero-order valence-corrected chi connectivity index (χ0v) is 22.7. The predicted octanol–water partition coefficient (Wildman–Crippen LogP) is 4.68. The third-order valence-electron chi connectivity index (χ3n) is 8.44. The normalized spacial score (nSPS) is 19.1. The Morgan fingerprint density at radius 1 is 0.974 bits per heavy atom. The fourth-order valence-electron chi connectivity index (χ4n) is 6.29. The first kappa shape index (κ1) is 25.5. The van der Waals surface area contributed by atoms with Gasteiger partial charge in [0.1, 0.15) is 5.82 Å². The highest BCUT2D eigenvalue weighted by Crippen LogP contribution is 2.36. The minimum Gasteiger partial charge on any atom is -0.378 e. The van der Waals surface area contributed by atoms with Crippen molar-refractivity contribution in [3.8, 4) is 11.1 Å². The van der Waals surface area contributed by atoms with Gasteiger partial charge in [-0.3, -0.25) is 9.69 Å². The van der Waals surface area contributed by atoms with Crippen molar-refractivity contribution in [2.45, 2.75) is 32.1 Å². The average Bonchev–Trinajstić information content (AvgIpc) is 2.95. The minimum atomic E-state index is -0.341. The van der Waals surface area contributed by atoms with Crippen LogP contribution in [-0.2, 0) is 16.6 Å². The molecule has 1 aliphatic heterocycles. The Bertz CT molecular complexity index is 1590. The number of nitrogens with zero attached hydrogens (tertiary/aromatic N) is 2. The van der Waals surface area contributed by atoms with Crippen molar-refractivity contribution in [2.75, 3.05) is 38.3 Å². The second-order valence-electron chi connectivity index (χ2n) is 11.4. The van der Waals surface area contributed by atoms with Crippen molar-refractivity contribution in [3.05, 3.63) is 87.5 Å². The second kappa shape index (κ2) is 9.76. The number of ketones is 1. The van der Waals surface area contributed by atoms with Crippen molar-refractivity contribution in [1.82, 2.24) is 4.90 Å². The summed E-state index contributed by atoms with van der Waals surface area (Å²) in [5.74, 6) is -0.589. The van der Waals surface area contributed by atoms with E-state index in [-0.39, 0.29) is 29.0 Å². The van der Waals surface area contributed by atoms with E-state index in [0.29, 0.717) is 38.3 Å². The molecule has 200 valence electrons. The zero-order chi connectivity index (χ0) is 27.3. The van der Waals surface area contributed by atoms with E-state index in [9.17, 15) is 14.0 Å². The number of benzene rings is 3. The Kier molecular flexibility index (Phi) is 6.38. The van der Waals surface area contributed by atoms with Gasteiger partial charge in [-0.1, -0.05) is 44.2 Å². The Morgan fingerprint density at radius 3 is 2.44 bits per heavy atom. The maximum Gasteiger partial charge on any atom is 0.324 e. The molecule has 0 spiro atoms. The molecule has 39 heavy (non-hydrogen) atoms. The summed E-state index contributed by atoms with van der Waals surface area (Å²) in [5.41, 5.74) is 5.96. The summed E-state index contributed by atoms with van der Waals surface area (Å²) in [6, 6.07) is 16.5. The van der Waals surface area contributed by atoms with E-state index in [0.717, 1.165) is 33.7 Å². The molecule has 0 bridgehead atoms. The predicted molar refractivity (Wildman–Crippen MR) is 152 cm³/mol. The molecule has 2 aliphatic carbocycles. The second-order valence-corrected chi connectivity index (χ2v) is 11.4. The lowest BCUT2D eigenvalue weighted by Gasteiger charge is -2.34. The standard InChI is InChI=1S/C33H33FN2O3/c1-33(2)20-23(31(37)21-4-7-24(34)8-5-21)19-29-28-10-6-22-18-25(9-11-26(22)27(28)12-13-30(29)33)35(3)32(38)36-14-16-39-17-15-36/h4-5,7-13,18-19,23H,6,14-17,20H2,1-3H3. The monoisotopic (exact) mass is 524 g/mol. The SMILES string of the molecule is CN(C(=O)N1CCOCC1)c1ccc2c(c1)CC=c1c-2ccc2c1=CC(C(=O)c1ccc(F)cc1)CC2(C)C. The number of ether oxygens (including phenoxy) is 1. The number of urea groups is 1. The maximum absolute atomic E-state index is 13.5. The van der Waals surface area contributed by atoms with Gasteiger partial charge in [0.15, 0.2) is 5.78 Å². The molecule has 5 nitrogen and oxygen atoms in total. The van der Waals surface area contributed by atoms with Crippen LogP contribution in [0.2, 0.25) is 0 Å². The number of amides is 2. The summed E-state index contributed by atoms with van der Waals surface area (Å²) in [4.78, 5) is 30.0. The van der Waals surface area contributed by atoms with Crippen LogP contribution in [-0.4, -0.2) is 50.1 Å². The van der Waals surface area contributed by atoms with E-state index in [1.807, 2.05) is 18.0 Å². The molecule has 0 N–H and O–H groups in total. The zero-order valence-electron chi connectivity index (χ0n) is 22.7. The van der Waals surface area contributed by atoms with Crippen molar-refractivity contribution >= 4 is 29.7 Å². The van der Waals surface area contributed by atoms with Crippen LogP contribution in [0.15, 0.2) is 54.6 Å². The third-order valence-corrected chi connectivity index (χ3v) is 8.44. The highest BCUT2D eigenvalue weighted by molar-refractivity contribution is 6.01.